The first-order valence-electron chi connectivity index (χ1n) is 12.0. The van der Waals surface area contributed by atoms with E-state index in [2.05, 4.69) is 0 Å². The highest BCUT2D eigenvalue weighted by Gasteiger charge is 2.31. The Hall–Kier alpha value is -5.90. The first-order valence-corrected chi connectivity index (χ1v) is 12.0. The summed E-state index contributed by atoms with van der Waals surface area (Å²) in [5.74, 6) is -1.52. The van der Waals surface area contributed by atoms with E-state index in [1.807, 2.05) is 0 Å². The molecule has 40 heavy (non-hydrogen) atoms. The molecule has 3 heterocycles. The first-order chi connectivity index (χ1) is 19.3. The number of benzene rings is 3. The lowest BCUT2D eigenvalue weighted by molar-refractivity contribution is 0.0686. The van der Waals surface area contributed by atoms with Crippen LogP contribution in [0.1, 0.15) is 47.8 Å². The highest BCUT2D eigenvalue weighted by atomic mass is 16.4. The lowest BCUT2D eigenvalue weighted by Gasteiger charge is -2.34. The van der Waals surface area contributed by atoms with Crippen molar-refractivity contribution in [2.75, 3.05) is 0 Å². The Labute approximate surface area is 226 Å². The molecule has 0 fully saturated rings. The lowest BCUT2D eigenvalue weighted by Crippen LogP contribution is -2.31. The van der Waals surface area contributed by atoms with Crippen LogP contribution >= 0.6 is 0 Å². The van der Waals surface area contributed by atoms with Gasteiger partial charge in [-0.3, -0.25) is 4.90 Å². The van der Waals surface area contributed by atoms with Gasteiger partial charge < -0.3 is 15.3 Å². The van der Waals surface area contributed by atoms with Crippen molar-refractivity contribution < 1.29 is 29.7 Å². The number of nitrogens with zero attached hydrogens (tertiary/aromatic N) is 4. The molecule has 3 aromatic carbocycles. The van der Waals surface area contributed by atoms with Crippen molar-refractivity contribution in [1.29, 1.82) is 0 Å². The van der Waals surface area contributed by atoms with Crippen LogP contribution in [-0.4, -0.2) is 55.3 Å². The molecule has 0 radical (unpaired) electrons. The van der Waals surface area contributed by atoms with Crippen molar-refractivity contribution in [3.63, 3.8) is 0 Å². The van der Waals surface area contributed by atoms with Gasteiger partial charge in [0.05, 0.1) is 33.8 Å². The maximum Gasteiger partial charge on any atom is 0.335 e. The molecule has 0 spiro atoms. The third-order valence-electron chi connectivity index (χ3n) is 6.47. The third kappa shape index (κ3) is 4.39. The molecule has 0 aromatic heterocycles. The van der Waals surface area contributed by atoms with E-state index in [4.69, 9.17) is 15.0 Å². The van der Waals surface area contributed by atoms with Gasteiger partial charge in [0, 0.05) is 34.9 Å². The molecule has 3 aliphatic rings. The molecule has 6 rings (SSSR count). The zero-order chi connectivity index (χ0) is 28.0. The Kier molecular flexibility index (Phi) is 5.77. The third-order valence-corrected chi connectivity index (χ3v) is 6.47. The van der Waals surface area contributed by atoms with Gasteiger partial charge in [-0.1, -0.05) is 36.4 Å². The minimum absolute atomic E-state index is 0.151. The number of allylic oxidation sites excluding steroid dienone is 3. The molecule has 0 bridgehead atoms. The van der Waals surface area contributed by atoms with E-state index in [1.165, 1.54) is 36.4 Å². The summed E-state index contributed by atoms with van der Waals surface area (Å²) >= 11 is 0. The van der Waals surface area contributed by atoms with Crippen LogP contribution in [-0.2, 0) is 0 Å². The van der Waals surface area contributed by atoms with Crippen LogP contribution in [0.2, 0.25) is 0 Å². The zero-order valence-corrected chi connectivity index (χ0v) is 20.5. The summed E-state index contributed by atoms with van der Waals surface area (Å²) in [6.07, 6.45) is 5.32. The number of carboxylic acid groups (broad SMARTS) is 3. The zero-order valence-electron chi connectivity index (χ0n) is 20.5. The van der Waals surface area contributed by atoms with Gasteiger partial charge in [0.25, 0.3) is 0 Å². The van der Waals surface area contributed by atoms with Crippen LogP contribution in [0.3, 0.4) is 0 Å². The highest BCUT2D eigenvalue weighted by Crippen LogP contribution is 2.35. The maximum absolute atomic E-state index is 11.3. The van der Waals surface area contributed by atoms with Crippen molar-refractivity contribution in [1.82, 2.24) is 4.90 Å². The molecule has 10 nitrogen and oxygen atoms in total. The number of hydrogen-bond acceptors (Lipinski definition) is 7. The average Bonchev–Trinajstić information content (AvgIpc) is 2.97. The maximum atomic E-state index is 11.3. The second kappa shape index (κ2) is 9.44. The molecule has 3 aliphatic heterocycles. The van der Waals surface area contributed by atoms with Crippen molar-refractivity contribution in [2.24, 2.45) is 15.0 Å². The quantitative estimate of drug-likeness (QED) is 0.427. The normalized spacial score (nSPS) is 15.4. The van der Waals surface area contributed by atoms with E-state index < -0.39 is 17.9 Å². The first kappa shape index (κ1) is 24.4. The Morgan fingerprint density at radius 1 is 0.450 bits per heavy atom. The van der Waals surface area contributed by atoms with Gasteiger partial charge in [0.1, 0.15) is 17.5 Å². The summed E-state index contributed by atoms with van der Waals surface area (Å²) in [6.45, 7) is 0. The summed E-state index contributed by atoms with van der Waals surface area (Å²) in [6, 6.07) is 19.1. The smallest absolute Gasteiger partial charge is 0.335 e. The van der Waals surface area contributed by atoms with E-state index in [1.54, 1.807) is 59.5 Å². The summed E-state index contributed by atoms with van der Waals surface area (Å²) < 4.78 is 0. The predicted octanol–water partition coefficient (Wildman–Crippen LogP) is 4.42. The van der Waals surface area contributed by atoms with Crippen molar-refractivity contribution in [2.45, 2.75) is 0 Å². The van der Waals surface area contributed by atoms with E-state index in [0.29, 0.717) is 51.3 Å². The second-order valence-corrected chi connectivity index (χ2v) is 8.98. The molecule has 194 valence electrons. The summed E-state index contributed by atoms with van der Waals surface area (Å²) in [4.78, 5) is 50.2. The SMILES string of the molecule is O=C(O)c1ccc(C2=NC3=CC(c4ccc(C(=O)O)cc4)=NC4=CC(c5ccc(C(=O)O)cc5)=NC(=C2)N34)cc1. The van der Waals surface area contributed by atoms with Gasteiger partial charge in [-0.2, -0.15) is 0 Å². The largest absolute Gasteiger partial charge is 0.478 e. The Morgan fingerprint density at radius 2 is 0.700 bits per heavy atom. The molecule has 0 saturated heterocycles. The van der Waals surface area contributed by atoms with Crippen LogP contribution < -0.4 is 0 Å². The minimum Gasteiger partial charge on any atom is -0.478 e. The van der Waals surface area contributed by atoms with Gasteiger partial charge in [-0.15, -0.1) is 0 Å². The summed E-state index contributed by atoms with van der Waals surface area (Å²) in [5.41, 5.74) is 4.19. The highest BCUT2D eigenvalue weighted by molar-refractivity contribution is 6.16. The van der Waals surface area contributed by atoms with Gasteiger partial charge in [-0.25, -0.2) is 29.4 Å². The number of aromatic carboxylic acids is 3. The van der Waals surface area contributed by atoms with Crippen LogP contribution in [0.25, 0.3) is 0 Å². The Balaban J connectivity index is 1.48. The van der Waals surface area contributed by atoms with Gasteiger partial charge >= 0.3 is 17.9 Å². The standard InChI is InChI=1S/C30H18N4O6/c35-28(36)19-7-1-16(2-8-19)22-13-25-32-24(18-5-11-21(12-6-18)30(39)40)15-27-33-23(14-26(31-22)34(25)27)17-3-9-20(10-4-17)29(37)38/h1-15H,(H,35,36)(H,37,38)(H,39,40). The van der Waals surface area contributed by atoms with E-state index in [-0.39, 0.29) is 16.7 Å². The van der Waals surface area contributed by atoms with Crippen molar-refractivity contribution >= 4 is 35.0 Å². The predicted molar refractivity (Wildman–Crippen MR) is 146 cm³/mol. The number of carbonyl (C=O) groups is 3. The molecule has 10 heteroatoms. The van der Waals surface area contributed by atoms with Crippen LogP contribution in [0.4, 0.5) is 0 Å². The summed E-state index contributed by atoms with van der Waals surface area (Å²) in [7, 11) is 0. The fourth-order valence-electron chi connectivity index (χ4n) is 4.42. The van der Waals surface area contributed by atoms with Crippen LogP contribution in [0.15, 0.2) is 123 Å². The molecule has 0 atom stereocenters. The topological polar surface area (TPSA) is 152 Å². The molecule has 3 aromatic rings. The number of carboxylic acids is 3. The minimum atomic E-state index is -1.03. The molecule has 0 aliphatic carbocycles. The van der Waals surface area contributed by atoms with E-state index in [0.717, 1.165) is 0 Å². The molecular formula is C30H18N4O6. The molecule has 0 amide bonds. The Morgan fingerprint density at radius 3 is 0.925 bits per heavy atom. The fourth-order valence-corrected chi connectivity index (χ4v) is 4.42. The Bertz CT molecular complexity index is 1580. The summed E-state index contributed by atoms with van der Waals surface area (Å²) in [5, 5.41) is 27.8. The lowest BCUT2D eigenvalue weighted by atomic mass is 10.0. The molecule has 0 saturated carbocycles. The van der Waals surface area contributed by atoms with Gasteiger partial charge in [0.15, 0.2) is 0 Å². The van der Waals surface area contributed by atoms with Crippen molar-refractivity contribution in [3.8, 4) is 0 Å². The van der Waals surface area contributed by atoms with Gasteiger partial charge in [0.2, 0.25) is 0 Å². The monoisotopic (exact) mass is 530 g/mol. The average molecular weight is 530 g/mol. The number of aliphatic imine (C=N–C) groups is 3. The van der Waals surface area contributed by atoms with E-state index >= 15 is 0 Å². The molecule has 0 unspecified atom stereocenters. The van der Waals surface area contributed by atoms with Gasteiger partial charge in [-0.05, 0) is 36.4 Å². The number of hydrogen-bond donors (Lipinski definition) is 3. The van der Waals surface area contributed by atoms with Crippen LogP contribution in [0, 0.1) is 0 Å². The molecular weight excluding hydrogens is 512 g/mol. The number of rotatable bonds is 6. The second-order valence-electron chi connectivity index (χ2n) is 8.98. The van der Waals surface area contributed by atoms with Crippen LogP contribution in [0.5, 0.6) is 0 Å². The molecule has 3 N–H and O–H groups in total. The van der Waals surface area contributed by atoms with Crippen molar-refractivity contribution in [3.05, 3.63) is 142 Å². The fraction of sp³-hybridized carbons (Fsp3) is 0. The van der Waals surface area contributed by atoms with E-state index in [9.17, 15) is 29.7 Å².